The van der Waals surface area contributed by atoms with Crippen molar-refractivity contribution in [2.24, 2.45) is 0 Å². The molecule has 2 aromatic carbocycles. The van der Waals surface area contributed by atoms with Gasteiger partial charge in [0.1, 0.15) is 23.6 Å². The van der Waals surface area contributed by atoms with Crippen molar-refractivity contribution in [2.75, 3.05) is 11.9 Å². The Morgan fingerprint density at radius 3 is 2.39 bits per heavy atom. The Morgan fingerprint density at radius 1 is 1.10 bits per heavy atom. The molecule has 0 fully saturated rings. The number of carbonyl (C=O) groups is 2. The zero-order valence-corrected chi connectivity index (χ0v) is 22.5. The van der Waals surface area contributed by atoms with Crippen molar-refractivity contribution in [2.45, 2.75) is 20.8 Å². The number of ether oxygens (including phenoxy) is 2. The lowest BCUT2D eigenvalue weighted by Crippen LogP contribution is -2.13. The fourth-order valence-electron chi connectivity index (χ4n) is 4.06. The summed E-state index contributed by atoms with van der Waals surface area (Å²) in [5.74, 6) is -0.317. The number of nitrogens with zero attached hydrogens (tertiary/aromatic N) is 4. The van der Waals surface area contributed by atoms with Crippen LogP contribution in [0.3, 0.4) is 0 Å². The quantitative estimate of drug-likeness (QED) is 0.0886. The molecule has 2 aromatic heterocycles. The number of rotatable bonds is 9. The highest BCUT2D eigenvalue weighted by Crippen LogP contribution is 2.27. The number of anilines is 1. The predicted molar refractivity (Wildman–Crippen MR) is 151 cm³/mol. The predicted octanol–water partition coefficient (Wildman–Crippen LogP) is 5.91. The van der Waals surface area contributed by atoms with Gasteiger partial charge in [-0.15, -0.1) is 0 Å². The number of amides is 1. The van der Waals surface area contributed by atoms with Crippen LogP contribution in [0.25, 0.3) is 11.8 Å². The van der Waals surface area contributed by atoms with Gasteiger partial charge >= 0.3 is 5.97 Å². The van der Waals surface area contributed by atoms with Gasteiger partial charge in [0, 0.05) is 34.9 Å². The fourth-order valence-corrected chi connectivity index (χ4v) is 4.06. The van der Waals surface area contributed by atoms with Crippen LogP contribution in [0.5, 0.6) is 11.6 Å². The Bertz CT molecular complexity index is 1660. The highest BCUT2D eigenvalue weighted by atomic mass is 16.6. The molecular formula is C30H25N5O6. The molecule has 0 unspecified atom stereocenters. The number of aryl methyl sites for hydroxylation is 1. The van der Waals surface area contributed by atoms with E-state index in [1.54, 1.807) is 31.2 Å². The zero-order valence-electron chi connectivity index (χ0n) is 22.5. The van der Waals surface area contributed by atoms with Gasteiger partial charge in [-0.2, -0.15) is 5.26 Å². The molecule has 41 heavy (non-hydrogen) atoms. The molecule has 1 amide bonds. The van der Waals surface area contributed by atoms with Crippen molar-refractivity contribution < 1.29 is 24.0 Å². The second-order valence-electron chi connectivity index (χ2n) is 8.79. The number of nitrogens with one attached hydrogen (secondary N) is 1. The van der Waals surface area contributed by atoms with Gasteiger partial charge in [0.25, 0.3) is 11.6 Å². The third-order valence-corrected chi connectivity index (χ3v) is 6.04. The molecule has 0 saturated heterocycles. The number of nitriles is 1. The van der Waals surface area contributed by atoms with Gasteiger partial charge < -0.3 is 19.4 Å². The average molecular weight is 552 g/mol. The van der Waals surface area contributed by atoms with Crippen LogP contribution in [0, 0.1) is 35.3 Å². The number of hydrogen-bond donors (Lipinski definition) is 1. The second-order valence-corrected chi connectivity index (χ2v) is 8.79. The molecule has 0 aliphatic carbocycles. The Labute approximate surface area is 235 Å². The van der Waals surface area contributed by atoms with Crippen molar-refractivity contribution in [3.63, 3.8) is 0 Å². The molecule has 206 valence electrons. The molecule has 4 aromatic rings. The van der Waals surface area contributed by atoms with Crippen molar-refractivity contribution in [1.82, 2.24) is 9.55 Å². The highest BCUT2D eigenvalue weighted by molar-refractivity contribution is 6.09. The lowest BCUT2D eigenvalue weighted by atomic mass is 10.1. The normalized spacial score (nSPS) is 10.9. The summed E-state index contributed by atoms with van der Waals surface area (Å²) in [4.78, 5) is 38.9. The maximum atomic E-state index is 12.8. The van der Waals surface area contributed by atoms with E-state index in [-0.39, 0.29) is 23.7 Å². The SMILES string of the molecule is CCOC(=O)c1ccc(NC(=O)/C(C#N)=C/c2cc(C)n(-c3ccc(Oc4ccc([N+](=O)[O-])cn4)cc3)c2C)cc1. The highest BCUT2D eigenvalue weighted by Gasteiger charge is 2.15. The number of pyridine rings is 1. The smallest absolute Gasteiger partial charge is 0.338 e. The molecule has 0 saturated carbocycles. The van der Waals surface area contributed by atoms with Crippen LogP contribution in [0.1, 0.15) is 34.2 Å². The maximum absolute atomic E-state index is 12.8. The molecule has 0 bridgehead atoms. The van der Waals surface area contributed by atoms with Crippen LogP contribution in [-0.4, -0.2) is 33.0 Å². The number of nitro groups is 1. The summed E-state index contributed by atoms with van der Waals surface area (Å²) in [5.41, 5.74) is 3.79. The third kappa shape index (κ3) is 6.63. The Morgan fingerprint density at radius 2 is 1.80 bits per heavy atom. The van der Waals surface area contributed by atoms with Crippen molar-refractivity contribution in [3.05, 3.63) is 111 Å². The van der Waals surface area contributed by atoms with Gasteiger partial charge in [-0.25, -0.2) is 9.78 Å². The summed E-state index contributed by atoms with van der Waals surface area (Å²) < 4.78 is 12.6. The number of hydrogen-bond acceptors (Lipinski definition) is 8. The molecule has 0 spiro atoms. The molecule has 0 aliphatic rings. The summed E-state index contributed by atoms with van der Waals surface area (Å²) in [6.07, 6.45) is 2.65. The molecule has 4 rings (SSSR count). The fraction of sp³-hybridized carbons (Fsp3) is 0.133. The van der Waals surface area contributed by atoms with Crippen LogP contribution in [0.4, 0.5) is 11.4 Å². The second kappa shape index (κ2) is 12.4. The topological polar surface area (TPSA) is 149 Å². The minimum Gasteiger partial charge on any atom is -0.462 e. The van der Waals surface area contributed by atoms with E-state index in [2.05, 4.69) is 10.3 Å². The molecule has 0 atom stereocenters. The number of aromatic nitrogens is 2. The van der Waals surface area contributed by atoms with Crippen LogP contribution in [0.15, 0.2) is 78.5 Å². The van der Waals surface area contributed by atoms with Crippen molar-refractivity contribution in [3.8, 4) is 23.4 Å². The summed E-state index contributed by atoms with van der Waals surface area (Å²) in [7, 11) is 0. The lowest BCUT2D eigenvalue weighted by Gasteiger charge is -2.11. The first-order valence-electron chi connectivity index (χ1n) is 12.5. The van der Waals surface area contributed by atoms with E-state index in [4.69, 9.17) is 9.47 Å². The van der Waals surface area contributed by atoms with E-state index in [1.165, 1.54) is 30.3 Å². The molecule has 0 radical (unpaired) electrons. The maximum Gasteiger partial charge on any atom is 0.338 e. The monoisotopic (exact) mass is 551 g/mol. The van der Waals surface area contributed by atoms with Crippen molar-refractivity contribution in [1.29, 1.82) is 5.26 Å². The summed E-state index contributed by atoms with van der Waals surface area (Å²) in [5, 5.41) is 23.2. The molecule has 11 nitrogen and oxygen atoms in total. The number of esters is 1. The number of carbonyl (C=O) groups excluding carboxylic acids is 2. The summed E-state index contributed by atoms with van der Waals surface area (Å²) >= 11 is 0. The lowest BCUT2D eigenvalue weighted by molar-refractivity contribution is -0.385. The van der Waals surface area contributed by atoms with Crippen LogP contribution < -0.4 is 10.1 Å². The largest absolute Gasteiger partial charge is 0.462 e. The first-order valence-corrected chi connectivity index (χ1v) is 12.5. The van der Waals surface area contributed by atoms with Crippen LogP contribution >= 0.6 is 0 Å². The number of benzene rings is 2. The molecule has 2 heterocycles. The molecule has 11 heteroatoms. The van der Waals surface area contributed by atoms with Gasteiger partial charge in [0.15, 0.2) is 0 Å². The van der Waals surface area contributed by atoms with Gasteiger partial charge in [0.05, 0.1) is 17.1 Å². The zero-order chi connectivity index (χ0) is 29.5. The van der Waals surface area contributed by atoms with Gasteiger partial charge in [0.2, 0.25) is 5.88 Å². The first kappa shape index (κ1) is 28.3. The molecule has 0 aliphatic heterocycles. The van der Waals surface area contributed by atoms with Crippen LogP contribution in [0.2, 0.25) is 0 Å². The van der Waals surface area contributed by atoms with E-state index >= 15 is 0 Å². The average Bonchev–Trinajstić information content (AvgIpc) is 3.25. The van der Waals surface area contributed by atoms with E-state index in [0.717, 1.165) is 23.3 Å². The van der Waals surface area contributed by atoms with Crippen LogP contribution in [-0.2, 0) is 9.53 Å². The Kier molecular flexibility index (Phi) is 8.54. The van der Waals surface area contributed by atoms with Gasteiger partial charge in [-0.3, -0.25) is 14.9 Å². The summed E-state index contributed by atoms with van der Waals surface area (Å²) in [6.45, 7) is 5.77. The van der Waals surface area contributed by atoms with E-state index in [1.807, 2.05) is 42.7 Å². The van der Waals surface area contributed by atoms with E-state index < -0.39 is 16.8 Å². The minimum absolute atomic E-state index is 0.0842. The first-order chi connectivity index (χ1) is 19.7. The third-order valence-electron chi connectivity index (χ3n) is 6.04. The van der Waals surface area contributed by atoms with E-state index in [9.17, 15) is 25.0 Å². The minimum atomic E-state index is -0.581. The van der Waals surface area contributed by atoms with Crippen molar-refractivity contribution >= 4 is 29.3 Å². The van der Waals surface area contributed by atoms with Gasteiger partial charge in [-0.1, -0.05) is 0 Å². The van der Waals surface area contributed by atoms with E-state index in [0.29, 0.717) is 22.6 Å². The summed E-state index contributed by atoms with van der Waals surface area (Å²) in [6, 6.07) is 19.9. The Balaban J connectivity index is 1.49. The van der Waals surface area contributed by atoms with Gasteiger partial charge in [-0.05, 0) is 87.0 Å². The standard InChI is InChI=1S/C30H25N5O6/c1-4-40-30(37)21-5-7-24(8-6-21)33-29(36)23(17-31)16-22-15-19(2)34(20(22)3)25-9-12-27(13-10-25)41-28-14-11-26(18-32-28)35(38)39/h5-16,18H,4H2,1-3H3,(H,33,36)/b23-16+. The Hall–Kier alpha value is -5.76. The molecule has 1 N–H and O–H groups in total. The molecular weight excluding hydrogens is 526 g/mol.